The summed E-state index contributed by atoms with van der Waals surface area (Å²) >= 11 is 2.65. The van der Waals surface area contributed by atoms with Gasteiger partial charge in [0.25, 0.3) is 0 Å². The van der Waals surface area contributed by atoms with Gasteiger partial charge in [-0.1, -0.05) is 23.1 Å². The molecule has 4 N–H and O–H groups in total. The van der Waals surface area contributed by atoms with Crippen molar-refractivity contribution in [3.05, 3.63) is 0 Å². The first kappa shape index (κ1) is 13.1. The Kier molecular flexibility index (Phi) is 4.02. The minimum absolute atomic E-state index is 0.431. The van der Waals surface area contributed by atoms with Crippen molar-refractivity contribution in [2.75, 3.05) is 5.32 Å². The van der Waals surface area contributed by atoms with Crippen LogP contribution in [0.2, 0.25) is 0 Å². The number of hydrogen-bond donors (Lipinski definition) is 3. The molecule has 0 bridgehead atoms. The summed E-state index contributed by atoms with van der Waals surface area (Å²) in [7, 11) is 0. The molecule has 1 saturated carbocycles. The minimum atomic E-state index is -0.846. The van der Waals surface area contributed by atoms with Gasteiger partial charge in [-0.2, -0.15) is 0 Å². The number of imide groups is 1. The molecule has 9 heteroatoms. The van der Waals surface area contributed by atoms with Crippen LogP contribution in [0.4, 0.5) is 9.93 Å². The SMILES string of the molecule is CC(Sc1nnc(NC2CC2)s1)C(=O)NC(N)=O. The zero-order chi connectivity index (χ0) is 13.1. The summed E-state index contributed by atoms with van der Waals surface area (Å²) in [6, 6.07) is -0.327. The van der Waals surface area contributed by atoms with Gasteiger partial charge in [-0.15, -0.1) is 10.2 Å². The summed E-state index contributed by atoms with van der Waals surface area (Å²) in [4.78, 5) is 22.0. The Labute approximate surface area is 112 Å². The number of rotatable bonds is 5. The number of carbonyl (C=O) groups is 2. The fourth-order valence-electron chi connectivity index (χ4n) is 1.15. The topological polar surface area (TPSA) is 110 Å². The number of carbonyl (C=O) groups excluding carboxylic acids is 2. The van der Waals surface area contributed by atoms with E-state index in [0.717, 1.165) is 5.13 Å². The summed E-state index contributed by atoms with van der Waals surface area (Å²) in [5, 5.41) is 13.5. The molecule has 1 fully saturated rings. The molecule has 0 aliphatic heterocycles. The highest BCUT2D eigenvalue weighted by Gasteiger charge is 2.23. The van der Waals surface area contributed by atoms with Crippen LogP contribution in [-0.4, -0.2) is 33.4 Å². The van der Waals surface area contributed by atoms with E-state index in [1.807, 2.05) is 5.32 Å². The number of anilines is 1. The lowest BCUT2D eigenvalue weighted by Crippen LogP contribution is -2.39. The van der Waals surface area contributed by atoms with Gasteiger partial charge in [0.1, 0.15) is 0 Å². The Morgan fingerprint density at radius 2 is 2.22 bits per heavy atom. The largest absolute Gasteiger partial charge is 0.357 e. The quantitative estimate of drug-likeness (QED) is 0.691. The molecule has 18 heavy (non-hydrogen) atoms. The second-order valence-corrected chi connectivity index (χ2v) is 6.47. The zero-order valence-electron chi connectivity index (χ0n) is 9.67. The Hall–Kier alpha value is -1.35. The average Bonchev–Trinajstić information content (AvgIpc) is 2.98. The summed E-state index contributed by atoms with van der Waals surface area (Å²) in [6.07, 6.45) is 2.33. The van der Waals surface area contributed by atoms with Gasteiger partial charge in [-0.25, -0.2) is 4.79 Å². The van der Waals surface area contributed by atoms with Crippen LogP contribution in [0.1, 0.15) is 19.8 Å². The maximum atomic E-state index is 11.5. The maximum Gasteiger partial charge on any atom is 0.318 e. The van der Waals surface area contributed by atoms with Crippen LogP contribution in [0.3, 0.4) is 0 Å². The normalized spacial score (nSPS) is 16.1. The van der Waals surface area contributed by atoms with Crippen LogP contribution in [0.25, 0.3) is 0 Å². The first-order valence-electron chi connectivity index (χ1n) is 5.41. The summed E-state index contributed by atoms with van der Waals surface area (Å²) in [5.41, 5.74) is 4.87. The van der Waals surface area contributed by atoms with Crippen molar-refractivity contribution in [3.63, 3.8) is 0 Å². The fraction of sp³-hybridized carbons (Fsp3) is 0.556. The van der Waals surface area contributed by atoms with E-state index >= 15 is 0 Å². The van der Waals surface area contributed by atoms with Crippen molar-refractivity contribution in [1.82, 2.24) is 15.5 Å². The van der Waals surface area contributed by atoms with Gasteiger partial charge in [-0.05, 0) is 19.8 Å². The molecular weight excluding hydrogens is 274 g/mol. The molecule has 0 spiro atoms. The molecule has 2 rings (SSSR count). The molecule has 1 aliphatic carbocycles. The van der Waals surface area contributed by atoms with Crippen LogP contribution in [0.5, 0.6) is 0 Å². The Morgan fingerprint density at radius 1 is 1.50 bits per heavy atom. The third kappa shape index (κ3) is 3.84. The lowest BCUT2D eigenvalue weighted by Gasteiger charge is -2.06. The molecule has 1 unspecified atom stereocenters. The standard InChI is InChI=1S/C9H13N5O2S2/c1-4(6(15)12-7(10)16)17-9-14-13-8(18-9)11-5-2-3-5/h4-5H,2-3H2,1H3,(H,11,13)(H3,10,12,15,16). The van der Waals surface area contributed by atoms with Crippen LogP contribution < -0.4 is 16.4 Å². The van der Waals surface area contributed by atoms with Crippen LogP contribution in [0.15, 0.2) is 4.34 Å². The van der Waals surface area contributed by atoms with Gasteiger partial charge in [0.15, 0.2) is 4.34 Å². The predicted molar refractivity (Wildman–Crippen MR) is 69.6 cm³/mol. The Morgan fingerprint density at radius 3 is 2.83 bits per heavy atom. The van der Waals surface area contributed by atoms with Gasteiger partial charge >= 0.3 is 6.03 Å². The highest BCUT2D eigenvalue weighted by molar-refractivity contribution is 8.02. The number of thioether (sulfide) groups is 1. The van der Waals surface area contributed by atoms with Crippen molar-refractivity contribution in [2.24, 2.45) is 5.73 Å². The molecule has 98 valence electrons. The third-order valence-corrected chi connectivity index (χ3v) is 4.24. The molecule has 1 aromatic rings. The Bertz CT molecular complexity index is 460. The molecule has 1 aliphatic rings. The van der Waals surface area contributed by atoms with Gasteiger partial charge in [0.05, 0.1) is 5.25 Å². The smallest absolute Gasteiger partial charge is 0.318 e. The van der Waals surface area contributed by atoms with Crippen LogP contribution in [-0.2, 0) is 4.79 Å². The molecule has 1 aromatic heterocycles. The van der Waals surface area contributed by atoms with Gasteiger partial charge in [0, 0.05) is 6.04 Å². The first-order valence-corrected chi connectivity index (χ1v) is 7.11. The molecule has 1 heterocycles. The number of aromatic nitrogens is 2. The third-order valence-electron chi connectivity index (χ3n) is 2.20. The molecular formula is C9H13N5O2S2. The maximum absolute atomic E-state index is 11.5. The second kappa shape index (κ2) is 5.53. The van der Waals surface area contributed by atoms with Crippen molar-refractivity contribution in [3.8, 4) is 0 Å². The fourth-order valence-corrected chi connectivity index (χ4v) is 3.12. The molecule has 1 atom stereocenters. The van der Waals surface area contributed by atoms with Gasteiger partial charge in [0.2, 0.25) is 11.0 Å². The molecule has 0 radical (unpaired) electrons. The van der Waals surface area contributed by atoms with Crippen molar-refractivity contribution in [1.29, 1.82) is 0 Å². The molecule has 7 nitrogen and oxygen atoms in total. The number of hydrogen-bond acceptors (Lipinski definition) is 7. The van der Waals surface area contributed by atoms with E-state index in [9.17, 15) is 9.59 Å². The average molecular weight is 287 g/mol. The number of nitrogens with zero attached hydrogens (tertiary/aromatic N) is 2. The predicted octanol–water partition coefficient (Wildman–Crippen LogP) is 0.788. The van der Waals surface area contributed by atoms with Crippen LogP contribution in [0, 0.1) is 0 Å². The number of amides is 3. The second-order valence-electron chi connectivity index (χ2n) is 3.91. The first-order chi connectivity index (χ1) is 8.54. The monoisotopic (exact) mass is 287 g/mol. The van der Waals surface area contributed by atoms with E-state index in [1.54, 1.807) is 6.92 Å². The van der Waals surface area contributed by atoms with Crippen molar-refractivity contribution in [2.45, 2.75) is 35.4 Å². The highest BCUT2D eigenvalue weighted by Crippen LogP contribution is 2.31. The van der Waals surface area contributed by atoms with E-state index in [1.165, 1.54) is 35.9 Å². The summed E-state index contributed by atoms with van der Waals surface area (Å²) in [5.74, 6) is -0.431. The molecule has 0 saturated heterocycles. The van der Waals surface area contributed by atoms with E-state index in [2.05, 4.69) is 15.5 Å². The van der Waals surface area contributed by atoms with Gasteiger partial charge < -0.3 is 11.1 Å². The van der Waals surface area contributed by atoms with E-state index in [0.29, 0.717) is 10.4 Å². The molecule has 0 aromatic carbocycles. The number of urea groups is 1. The van der Waals surface area contributed by atoms with E-state index in [-0.39, 0.29) is 0 Å². The lowest BCUT2D eigenvalue weighted by molar-refractivity contribution is -0.119. The highest BCUT2D eigenvalue weighted by atomic mass is 32.2. The number of nitrogens with one attached hydrogen (secondary N) is 2. The van der Waals surface area contributed by atoms with Gasteiger partial charge in [-0.3, -0.25) is 10.1 Å². The summed E-state index contributed by atoms with van der Waals surface area (Å²) < 4.78 is 0.685. The zero-order valence-corrected chi connectivity index (χ0v) is 11.3. The number of nitrogens with two attached hydrogens (primary N) is 1. The van der Waals surface area contributed by atoms with E-state index < -0.39 is 17.2 Å². The van der Waals surface area contributed by atoms with E-state index in [4.69, 9.17) is 5.73 Å². The number of primary amides is 1. The van der Waals surface area contributed by atoms with Crippen molar-refractivity contribution >= 4 is 40.2 Å². The Balaban J connectivity index is 1.85. The van der Waals surface area contributed by atoms with Crippen molar-refractivity contribution < 1.29 is 9.59 Å². The minimum Gasteiger partial charge on any atom is -0.357 e. The molecule has 3 amide bonds. The summed E-state index contributed by atoms with van der Waals surface area (Å²) in [6.45, 7) is 1.68. The lowest BCUT2D eigenvalue weighted by atomic mass is 10.4. The van der Waals surface area contributed by atoms with Crippen LogP contribution >= 0.6 is 23.1 Å².